The Labute approximate surface area is 233 Å². The molecule has 5 rings (SSSR count). The summed E-state index contributed by atoms with van der Waals surface area (Å²) in [6, 6.07) is 8.10. The van der Waals surface area contributed by atoms with Gasteiger partial charge >= 0.3 is 5.97 Å². The number of oxime groups is 1. The van der Waals surface area contributed by atoms with Gasteiger partial charge in [0.25, 0.3) is 11.8 Å². The molecule has 2 atom stereocenters. The van der Waals surface area contributed by atoms with E-state index in [-0.39, 0.29) is 28.8 Å². The second kappa shape index (κ2) is 11.5. The predicted molar refractivity (Wildman–Crippen MR) is 145 cm³/mol. The third-order valence-electron chi connectivity index (χ3n) is 5.95. The number of nitrogens with two attached hydrogens (primary N) is 1. The molecule has 11 nitrogen and oxygen atoms in total. The maximum Gasteiger partial charge on any atom is 0.353 e. The number of anilines is 1. The number of allylic oxidation sites excluding steroid dienone is 1. The van der Waals surface area contributed by atoms with E-state index in [1.54, 1.807) is 0 Å². The number of carbonyl (C=O) groups is 3. The normalized spacial score (nSPS) is 18.9. The molecule has 2 amide bonds. The summed E-state index contributed by atoms with van der Waals surface area (Å²) in [6.45, 7) is -1.18. The number of nitrogens with zero attached hydrogens (tertiary/aromatic N) is 4. The van der Waals surface area contributed by atoms with Gasteiger partial charge in [-0.05, 0) is 12.8 Å². The monoisotopic (exact) mass is 588 g/mol. The average Bonchev–Trinajstić information content (AvgIpc) is 3.58. The van der Waals surface area contributed by atoms with Crippen molar-refractivity contribution in [2.75, 3.05) is 19.0 Å². The number of nitrogens with one attached hydrogen (secondary N) is 1. The van der Waals surface area contributed by atoms with E-state index < -0.39 is 36.5 Å². The third kappa shape index (κ3) is 5.51. The average molecular weight is 589 g/mol. The molecule has 2 aromatic heterocycles. The van der Waals surface area contributed by atoms with E-state index in [2.05, 4.69) is 20.4 Å². The fourth-order valence-corrected chi connectivity index (χ4v) is 6.83. The Morgan fingerprint density at radius 3 is 2.74 bits per heavy atom. The molecule has 0 bridgehead atoms. The Morgan fingerprint density at radius 1 is 1.26 bits per heavy atom. The van der Waals surface area contributed by atoms with Crippen LogP contribution in [0.5, 0.6) is 0 Å². The Morgan fingerprint density at radius 2 is 2.05 bits per heavy atom. The first-order valence-corrected chi connectivity index (χ1v) is 14.2. The molecule has 0 spiro atoms. The first-order valence-electron chi connectivity index (χ1n) is 11.6. The number of amides is 2. The number of aliphatic carboxylic acids is 1. The summed E-state index contributed by atoms with van der Waals surface area (Å²) in [6.07, 6.45) is 0.817. The van der Waals surface area contributed by atoms with Gasteiger partial charge in [-0.25, -0.2) is 19.2 Å². The number of alkyl halides is 1. The van der Waals surface area contributed by atoms with Crippen LogP contribution in [-0.4, -0.2) is 68.8 Å². The van der Waals surface area contributed by atoms with Crippen LogP contribution in [0.15, 0.2) is 61.2 Å². The Balaban J connectivity index is 1.32. The number of carboxylic acid groups (broad SMARTS) is 1. The second-order valence-corrected chi connectivity index (χ2v) is 11.4. The van der Waals surface area contributed by atoms with Gasteiger partial charge in [0, 0.05) is 21.2 Å². The minimum atomic E-state index is -1.24. The van der Waals surface area contributed by atoms with Crippen molar-refractivity contribution in [3.63, 3.8) is 0 Å². The highest BCUT2D eigenvalue weighted by atomic mass is 32.2. The summed E-state index contributed by atoms with van der Waals surface area (Å²) in [5.41, 5.74) is 7.13. The Kier molecular flexibility index (Phi) is 7.90. The van der Waals surface area contributed by atoms with Crippen LogP contribution in [0.25, 0.3) is 11.3 Å². The van der Waals surface area contributed by atoms with Crippen LogP contribution >= 0.6 is 34.4 Å². The van der Waals surface area contributed by atoms with Gasteiger partial charge < -0.3 is 21.0 Å². The highest BCUT2D eigenvalue weighted by molar-refractivity contribution is 8.04. The van der Waals surface area contributed by atoms with Crippen molar-refractivity contribution in [2.45, 2.75) is 29.3 Å². The number of benzene rings is 1. The van der Waals surface area contributed by atoms with Crippen LogP contribution < -0.4 is 11.1 Å². The molecule has 0 aliphatic carbocycles. The quantitative estimate of drug-likeness (QED) is 0.140. The largest absolute Gasteiger partial charge is 0.477 e. The molecular formula is C24H21FN6O5S3. The molecule has 1 aromatic carbocycles. The van der Waals surface area contributed by atoms with Crippen molar-refractivity contribution >= 4 is 63.1 Å². The molecule has 0 unspecified atom stereocenters. The first kappa shape index (κ1) is 26.8. The van der Waals surface area contributed by atoms with E-state index in [0.717, 1.165) is 22.6 Å². The lowest BCUT2D eigenvalue weighted by atomic mass is 9.86. The summed E-state index contributed by atoms with van der Waals surface area (Å²) < 4.78 is 13.1. The maximum atomic E-state index is 13.1. The van der Waals surface area contributed by atoms with Gasteiger partial charge in [-0.2, -0.15) is 0 Å². The summed E-state index contributed by atoms with van der Waals surface area (Å²) in [4.78, 5) is 53.5. The number of thioether (sulfide) groups is 1. The van der Waals surface area contributed by atoms with Gasteiger partial charge in [0.15, 0.2) is 15.2 Å². The molecular weight excluding hydrogens is 568 g/mol. The maximum absolute atomic E-state index is 13.1. The van der Waals surface area contributed by atoms with Crippen molar-refractivity contribution in [3.05, 3.63) is 57.4 Å². The molecule has 2 aliphatic rings. The van der Waals surface area contributed by atoms with Crippen molar-refractivity contribution in [3.8, 4) is 11.3 Å². The van der Waals surface area contributed by atoms with Gasteiger partial charge in [0.05, 0.1) is 11.7 Å². The number of hydrogen-bond donors (Lipinski definition) is 3. The highest BCUT2D eigenvalue weighted by Crippen LogP contribution is 2.44. The number of aromatic nitrogens is 2. The van der Waals surface area contributed by atoms with Crippen LogP contribution in [0, 0.1) is 0 Å². The van der Waals surface area contributed by atoms with Gasteiger partial charge in [-0.15, -0.1) is 22.7 Å². The summed E-state index contributed by atoms with van der Waals surface area (Å²) in [7, 11) is 0. The standard InChI is InChI=1S/C24H21FN6O5S3/c25-8-9-36-30-17(14-11-37-23(26)27-14)20(32)29-18-15-6-7-16(19(22(34)35)31(15)21(18)33)39-24-28-13(10-38-24)12-4-2-1-3-5-12/h1-5,10-11,15,18H,6-9H2,(H2,26,27)(H,29,32)(H,34,35)/b30-17+/t15-,18+/m1/s1. The number of nitrogen functional groups attached to an aromatic ring is 1. The van der Waals surface area contributed by atoms with Crippen molar-refractivity contribution < 1.29 is 28.7 Å². The summed E-state index contributed by atoms with van der Waals surface area (Å²) in [5, 5.41) is 19.8. The summed E-state index contributed by atoms with van der Waals surface area (Å²) >= 11 is 3.70. The molecule has 4 N–H and O–H groups in total. The van der Waals surface area contributed by atoms with Gasteiger partial charge in [-0.1, -0.05) is 47.2 Å². The molecule has 15 heteroatoms. The van der Waals surface area contributed by atoms with Crippen LogP contribution in [-0.2, 0) is 19.2 Å². The fraction of sp³-hybridized carbons (Fsp3) is 0.250. The van der Waals surface area contributed by atoms with E-state index in [0.29, 0.717) is 22.1 Å². The van der Waals surface area contributed by atoms with E-state index >= 15 is 0 Å². The number of rotatable bonds is 10. The number of fused-ring (bicyclic) bond motifs is 1. The van der Waals surface area contributed by atoms with Crippen molar-refractivity contribution in [2.24, 2.45) is 5.16 Å². The molecule has 4 heterocycles. The summed E-state index contributed by atoms with van der Waals surface area (Å²) in [5.74, 6) is -2.57. The van der Waals surface area contributed by atoms with Crippen LogP contribution in [0.2, 0.25) is 0 Å². The minimum absolute atomic E-state index is 0.115. The SMILES string of the molecule is Nc1nc(/C(=N\OCCF)C(=O)N[C@@H]2C(=O)N3C(C(=O)O)=C(Sc4nc(-c5ccccc5)cs4)CC[C@H]23)cs1. The number of hydrogen-bond acceptors (Lipinski definition) is 11. The molecule has 202 valence electrons. The third-order valence-corrected chi connectivity index (χ3v) is 8.70. The number of halogens is 1. The molecule has 39 heavy (non-hydrogen) atoms. The number of carboxylic acids is 1. The van der Waals surface area contributed by atoms with E-state index in [1.165, 1.54) is 33.4 Å². The lowest BCUT2D eigenvalue weighted by Crippen LogP contribution is -2.72. The first-order chi connectivity index (χ1) is 18.9. The topological polar surface area (TPSA) is 160 Å². The molecule has 1 fully saturated rings. The van der Waals surface area contributed by atoms with E-state index in [9.17, 15) is 23.9 Å². The zero-order valence-electron chi connectivity index (χ0n) is 20.1. The molecule has 0 radical (unpaired) electrons. The predicted octanol–water partition coefficient (Wildman–Crippen LogP) is 3.12. The fourth-order valence-electron chi connectivity index (χ4n) is 4.23. The molecule has 2 aliphatic heterocycles. The zero-order chi connectivity index (χ0) is 27.5. The lowest BCUT2D eigenvalue weighted by molar-refractivity contribution is -0.155. The number of thiazole rings is 2. The zero-order valence-corrected chi connectivity index (χ0v) is 22.5. The van der Waals surface area contributed by atoms with Crippen LogP contribution in [0.3, 0.4) is 0 Å². The minimum Gasteiger partial charge on any atom is -0.477 e. The van der Waals surface area contributed by atoms with Gasteiger partial charge in [0.1, 0.15) is 30.7 Å². The van der Waals surface area contributed by atoms with Crippen LogP contribution in [0.4, 0.5) is 9.52 Å². The van der Waals surface area contributed by atoms with Crippen molar-refractivity contribution in [1.82, 2.24) is 20.2 Å². The Bertz CT molecular complexity index is 1470. The smallest absolute Gasteiger partial charge is 0.353 e. The van der Waals surface area contributed by atoms with Gasteiger partial charge in [-0.3, -0.25) is 14.5 Å². The molecule has 1 saturated heterocycles. The van der Waals surface area contributed by atoms with E-state index in [4.69, 9.17) is 10.6 Å². The van der Waals surface area contributed by atoms with Crippen molar-refractivity contribution in [1.29, 1.82) is 0 Å². The van der Waals surface area contributed by atoms with Gasteiger partial charge in [0.2, 0.25) is 0 Å². The second-order valence-electron chi connectivity index (χ2n) is 8.34. The lowest BCUT2D eigenvalue weighted by Gasteiger charge is -2.50. The van der Waals surface area contributed by atoms with Crippen LogP contribution in [0.1, 0.15) is 18.5 Å². The highest BCUT2D eigenvalue weighted by Gasteiger charge is 2.54. The number of β-lactam (4-membered cyclic amide) rings is 1. The molecule has 3 aromatic rings. The molecule has 0 saturated carbocycles. The number of carbonyl (C=O) groups excluding carboxylic acids is 2. The van der Waals surface area contributed by atoms with E-state index in [1.807, 2.05) is 35.7 Å². The Hall–Kier alpha value is -3.82.